The lowest BCUT2D eigenvalue weighted by Crippen LogP contribution is -2.32. The van der Waals surface area contributed by atoms with Gasteiger partial charge in [-0.15, -0.1) is 0 Å². The van der Waals surface area contributed by atoms with Gasteiger partial charge in [-0.2, -0.15) is 0 Å². The number of benzene rings is 1. The van der Waals surface area contributed by atoms with E-state index in [2.05, 4.69) is 14.9 Å². The van der Waals surface area contributed by atoms with Crippen molar-refractivity contribution in [1.29, 1.82) is 0 Å². The smallest absolute Gasteiger partial charge is 0.270 e. The summed E-state index contributed by atoms with van der Waals surface area (Å²) in [6.07, 6.45) is 5.83. The van der Waals surface area contributed by atoms with Gasteiger partial charge in [0, 0.05) is 61.5 Å². The molecule has 0 saturated carbocycles. The van der Waals surface area contributed by atoms with Gasteiger partial charge in [0.1, 0.15) is 5.82 Å². The van der Waals surface area contributed by atoms with E-state index >= 15 is 0 Å². The number of pyridine rings is 1. The monoisotopic (exact) mass is 405 g/mol. The van der Waals surface area contributed by atoms with Crippen molar-refractivity contribution in [2.75, 3.05) is 18.1 Å². The van der Waals surface area contributed by atoms with E-state index in [4.69, 9.17) is 9.72 Å². The lowest BCUT2D eigenvalue weighted by Gasteiger charge is -2.27. The molecule has 3 aromatic rings. The molecule has 0 unspecified atom stereocenters. The first-order chi connectivity index (χ1) is 14.6. The SMILES string of the molecule is Cc1cc(N(Cc2cccnc2)C[C@@H]2CCCO2)nc(-c2cccc([N+](=O)[O-])c2)n1. The lowest BCUT2D eigenvalue weighted by atomic mass is 10.1. The Morgan fingerprint density at radius 1 is 1.23 bits per heavy atom. The van der Waals surface area contributed by atoms with E-state index in [1.165, 1.54) is 12.1 Å². The Kier molecular flexibility index (Phi) is 5.94. The molecular formula is C22H23N5O3. The Morgan fingerprint density at radius 3 is 2.87 bits per heavy atom. The average Bonchev–Trinajstić information content (AvgIpc) is 3.27. The van der Waals surface area contributed by atoms with Gasteiger partial charge in [0.15, 0.2) is 5.82 Å². The van der Waals surface area contributed by atoms with Crippen molar-refractivity contribution in [3.05, 3.63) is 76.2 Å². The topological polar surface area (TPSA) is 94.3 Å². The largest absolute Gasteiger partial charge is 0.376 e. The highest BCUT2D eigenvalue weighted by molar-refractivity contribution is 5.61. The number of non-ortho nitro benzene ring substituents is 1. The van der Waals surface area contributed by atoms with Crippen molar-refractivity contribution in [1.82, 2.24) is 15.0 Å². The van der Waals surface area contributed by atoms with Crippen LogP contribution in [-0.2, 0) is 11.3 Å². The zero-order valence-electron chi connectivity index (χ0n) is 16.8. The Bertz CT molecular complexity index is 1020. The van der Waals surface area contributed by atoms with E-state index < -0.39 is 4.92 Å². The van der Waals surface area contributed by atoms with E-state index in [9.17, 15) is 10.1 Å². The summed E-state index contributed by atoms with van der Waals surface area (Å²) in [6.45, 7) is 4.03. The molecule has 1 aliphatic rings. The number of aryl methyl sites for hydroxylation is 1. The van der Waals surface area contributed by atoms with E-state index in [1.54, 1.807) is 18.3 Å². The number of anilines is 1. The van der Waals surface area contributed by atoms with Crippen LogP contribution in [0, 0.1) is 17.0 Å². The van der Waals surface area contributed by atoms with Crippen molar-refractivity contribution in [2.45, 2.75) is 32.4 Å². The van der Waals surface area contributed by atoms with Gasteiger partial charge in [-0.1, -0.05) is 18.2 Å². The molecule has 0 radical (unpaired) electrons. The molecule has 0 bridgehead atoms. The number of hydrogen-bond donors (Lipinski definition) is 0. The second-order valence-corrected chi connectivity index (χ2v) is 7.38. The number of ether oxygens (including phenoxy) is 1. The number of rotatable bonds is 7. The minimum absolute atomic E-state index is 0.0192. The quantitative estimate of drug-likeness (QED) is 0.434. The molecule has 1 aromatic carbocycles. The summed E-state index contributed by atoms with van der Waals surface area (Å²) in [4.78, 5) is 26.4. The minimum Gasteiger partial charge on any atom is -0.376 e. The highest BCUT2D eigenvalue weighted by Crippen LogP contribution is 2.25. The maximum Gasteiger partial charge on any atom is 0.270 e. The van der Waals surface area contributed by atoms with Gasteiger partial charge in [-0.05, 0) is 31.4 Å². The normalized spacial score (nSPS) is 15.8. The molecule has 1 saturated heterocycles. The summed E-state index contributed by atoms with van der Waals surface area (Å²) < 4.78 is 5.85. The van der Waals surface area contributed by atoms with Crippen LogP contribution in [0.4, 0.5) is 11.5 Å². The van der Waals surface area contributed by atoms with Crippen LogP contribution >= 0.6 is 0 Å². The second kappa shape index (κ2) is 8.96. The molecule has 30 heavy (non-hydrogen) atoms. The molecule has 3 heterocycles. The van der Waals surface area contributed by atoms with Crippen molar-refractivity contribution < 1.29 is 9.66 Å². The standard InChI is InChI=1S/C22H23N5O3/c1-16-11-21(25-22(24-16)18-6-2-7-19(12-18)27(28)29)26(15-20-8-4-10-30-20)14-17-5-3-9-23-13-17/h2-3,5-7,9,11-13,20H,4,8,10,14-15H2,1H3/t20-/m0/s1. The fraction of sp³-hybridized carbons (Fsp3) is 0.318. The van der Waals surface area contributed by atoms with Gasteiger partial charge in [-0.25, -0.2) is 9.97 Å². The number of aromatic nitrogens is 3. The Balaban J connectivity index is 1.69. The van der Waals surface area contributed by atoms with Crippen molar-refractivity contribution in [3.8, 4) is 11.4 Å². The summed E-state index contributed by atoms with van der Waals surface area (Å²) in [7, 11) is 0. The highest BCUT2D eigenvalue weighted by Gasteiger charge is 2.22. The summed E-state index contributed by atoms with van der Waals surface area (Å²) >= 11 is 0. The van der Waals surface area contributed by atoms with Gasteiger partial charge in [-0.3, -0.25) is 15.1 Å². The third kappa shape index (κ3) is 4.77. The molecule has 1 aliphatic heterocycles. The molecule has 1 fully saturated rings. The minimum atomic E-state index is -0.410. The molecule has 154 valence electrons. The second-order valence-electron chi connectivity index (χ2n) is 7.38. The van der Waals surface area contributed by atoms with Crippen LogP contribution in [0.1, 0.15) is 24.1 Å². The predicted molar refractivity (Wildman–Crippen MR) is 113 cm³/mol. The molecular weight excluding hydrogens is 382 g/mol. The van der Waals surface area contributed by atoms with E-state index in [0.717, 1.165) is 36.5 Å². The first-order valence-corrected chi connectivity index (χ1v) is 9.94. The summed E-state index contributed by atoms with van der Waals surface area (Å²) in [5, 5.41) is 11.2. The van der Waals surface area contributed by atoms with Crippen LogP contribution in [-0.4, -0.2) is 39.1 Å². The fourth-order valence-electron chi connectivity index (χ4n) is 3.59. The molecule has 0 aliphatic carbocycles. The zero-order valence-corrected chi connectivity index (χ0v) is 16.8. The molecule has 1 atom stereocenters. The van der Waals surface area contributed by atoms with Crippen LogP contribution in [0.2, 0.25) is 0 Å². The van der Waals surface area contributed by atoms with Gasteiger partial charge in [0.25, 0.3) is 5.69 Å². The van der Waals surface area contributed by atoms with Gasteiger partial charge >= 0.3 is 0 Å². The number of nitrogens with zero attached hydrogens (tertiary/aromatic N) is 5. The van der Waals surface area contributed by atoms with E-state index in [0.29, 0.717) is 24.5 Å². The molecule has 2 aromatic heterocycles. The number of nitro benzene ring substituents is 1. The summed E-state index contributed by atoms with van der Waals surface area (Å²) in [5.74, 6) is 1.24. The van der Waals surface area contributed by atoms with Crippen LogP contribution in [0.3, 0.4) is 0 Å². The van der Waals surface area contributed by atoms with Crippen molar-refractivity contribution in [2.24, 2.45) is 0 Å². The molecule has 0 spiro atoms. The molecule has 0 N–H and O–H groups in total. The van der Waals surface area contributed by atoms with Gasteiger partial charge in [0.2, 0.25) is 0 Å². The van der Waals surface area contributed by atoms with Gasteiger partial charge < -0.3 is 9.64 Å². The van der Waals surface area contributed by atoms with Crippen LogP contribution in [0.5, 0.6) is 0 Å². The van der Waals surface area contributed by atoms with E-state index in [1.807, 2.05) is 31.3 Å². The Hall–Kier alpha value is -3.39. The first-order valence-electron chi connectivity index (χ1n) is 9.94. The third-order valence-electron chi connectivity index (χ3n) is 5.02. The zero-order chi connectivity index (χ0) is 20.9. The summed E-state index contributed by atoms with van der Waals surface area (Å²) in [6, 6.07) is 12.3. The molecule has 0 amide bonds. The maximum absolute atomic E-state index is 11.2. The lowest BCUT2D eigenvalue weighted by molar-refractivity contribution is -0.384. The first kappa shape index (κ1) is 19.9. The predicted octanol–water partition coefficient (Wildman–Crippen LogP) is 3.94. The summed E-state index contributed by atoms with van der Waals surface area (Å²) in [5.41, 5.74) is 2.51. The van der Waals surface area contributed by atoms with Crippen molar-refractivity contribution in [3.63, 3.8) is 0 Å². The molecule has 4 rings (SSSR count). The van der Waals surface area contributed by atoms with Crippen molar-refractivity contribution >= 4 is 11.5 Å². The van der Waals surface area contributed by atoms with Crippen LogP contribution in [0.25, 0.3) is 11.4 Å². The van der Waals surface area contributed by atoms with Crippen LogP contribution < -0.4 is 4.90 Å². The number of nitro groups is 1. The van der Waals surface area contributed by atoms with E-state index in [-0.39, 0.29) is 11.8 Å². The fourth-order valence-corrected chi connectivity index (χ4v) is 3.59. The van der Waals surface area contributed by atoms with Crippen LogP contribution in [0.15, 0.2) is 54.9 Å². The van der Waals surface area contributed by atoms with Gasteiger partial charge in [0.05, 0.1) is 11.0 Å². The molecule has 8 nitrogen and oxygen atoms in total. The highest BCUT2D eigenvalue weighted by atomic mass is 16.6. The maximum atomic E-state index is 11.2. The Morgan fingerprint density at radius 2 is 2.13 bits per heavy atom. The third-order valence-corrected chi connectivity index (χ3v) is 5.02. The Labute approximate surface area is 174 Å². The number of hydrogen-bond acceptors (Lipinski definition) is 7. The molecule has 8 heteroatoms. The average molecular weight is 405 g/mol.